The van der Waals surface area contributed by atoms with Crippen LogP contribution in [0.2, 0.25) is 0 Å². The lowest BCUT2D eigenvalue weighted by Gasteiger charge is -2.06. The van der Waals surface area contributed by atoms with Gasteiger partial charge in [-0.2, -0.15) is 0 Å². The van der Waals surface area contributed by atoms with Crippen molar-refractivity contribution in [3.8, 4) is 0 Å². The van der Waals surface area contributed by atoms with Crippen LogP contribution < -0.4 is 5.73 Å². The first-order chi connectivity index (χ1) is 6.50. The molecule has 0 heterocycles. The van der Waals surface area contributed by atoms with Crippen LogP contribution in [0.5, 0.6) is 0 Å². The van der Waals surface area contributed by atoms with Crippen LogP contribution in [0.1, 0.15) is 11.1 Å². The Kier molecular flexibility index (Phi) is 3.96. The fraction of sp³-hybridized carbons (Fsp3) is 0.300. The van der Waals surface area contributed by atoms with E-state index in [4.69, 9.17) is 17.3 Å². The topological polar surface area (TPSA) is 43.1 Å². The monoisotopic (exact) mass is 275 g/mol. The number of hydrogen-bond donors (Lipinski definition) is 1. The predicted molar refractivity (Wildman–Crippen MR) is 61.4 cm³/mol. The van der Waals surface area contributed by atoms with Crippen molar-refractivity contribution < 1.29 is 4.79 Å². The lowest BCUT2D eigenvalue weighted by Crippen LogP contribution is -2.25. The number of nitrogens with two attached hydrogens (primary N) is 1. The van der Waals surface area contributed by atoms with E-state index in [0.29, 0.717) is 6.42 Å². The highest BCUT2D eigenvalue weighted by atomic mass is 79.9. The summed E-state index contributed by atoms with van der Waals surface area (Å²) in [7, 11) is 0. The number of amides is 1. The third kappa shape index (κ3) is 3.00. The fourth-order valence-corrected chi connectivity index (χ4v) is 1.57. The summed E-state index contributed by atoms with van der Waals surface area (Å²) in [5, 5.41) is -0.629. The van der Waals surface area contributed by atoms with Gasteiger partial charge in [0.05, 0.1) is 0 Å². The van der Waals surface area contributed by atoms with Gasteiger partial charge in [0.2, 0.25) is 5.91 Å². The predicted octanol–water partition coefficient (Wildman–Crippen LogP) is 2.39. The lowest BCUT2D eigenvalue weighted by atomic mass is 10.1. The summed E-state index contributed by atoms with van der Waals surface area (Å²) in [6.07, 6.45) is 0.477. The Hall–Kier alpha value is -0.540. The number of rotatable bonds is 3. The molecule has 2 nitrogen and oxygen atoms in total. The smallest absolute Gasteiger partial charge is 0.235 e. The van der Waals surface area contributed by atoms with Crippen molar-refractivity contribution in [1.82, 2.24) is 0 Å². The Morgan fingerprint density at radius 3 is 2.79 bits per heavy atom. The molecule has 0 aromatic heterocycles. The molecule has 0 saturated heterocycles. The van der Waals surface area contributed by atoms with E-state index >= 15 is 0 Å². The van der Waals surface area contributed by atoms with Gasteiger partial charge in [0.1, 0.15) is 5.38 Å². The first-order valence-corrected chi connectivity index (χ1v) is 5.42. The highest BCUT2D eigenvalue weighted by Crippen LogP contribution is 2.18. The van der Waals surface area contributed by atoms with E-state index in [9.17, 15) is 4.79 Å². The van der Waals surface area contributed by atoms with Gasteiger partial charge < -0.3 is 5.73 Å². The van der Waals surface area contributed by atoms with Crippen LogP contribution in [0.15, 0.2) is 22.7 Å². The molecule has 0 radical (unpaired) electrons. The number of alkyl halides is 1. The summed E-state index contributed by atoms with van der Waals surface area (Å²) in [6.45, 7) is 1.99. The summed E-state index contributed by atoms with van der Waals surface area (Å²) in [6, 6.07) is 5.85. The van der Waals surface area contributed by atoms with Crippen LogP contribution in [-0.2, 0) is 11.2 Å². The first kappa shape index (κ1) is 11.5. The first-order valence-electron chi connectivity index (χ1n) is 4.19. The van der Waals surface area contributed by atoms with E-state index in [-0.39, 0.29) is 0 Å². The molecule has 1 amide bonds. The zero-order valence-corrected chi connectivity index (χ0v) is 10.1. The van der Waals surface area contributed by atoms with E-state index < -0.39 is 11.3 Å². The number of benzene rings is 1. The normalized spacial score (nSPS) is 12.5. The SMILES string of the molecule is Cc1cc(CC(Cl)C(N)=O)ccc1Br. The number of carbonyl (C=O) groups is 1. The van der Waals surface area contributed by atoms with Crippen LogP contribution in [0.25, 0.3) is 0 Å². The van der Waals surface area contributed by atoms with Crippen molar-refractivity contribution in [3.63, 3.8) is 0 Å². The molecule has 1 aromatic rings. The second-order valence-electron chi connectivity index (χ2n) is 3.16. The molecule has 0 bridgehead atoms. The minimum Gasteiger partial charge on any atom is -0.368 e. The Labute approximate surface area is 96.6 Å². The van der Waals surface area contributed by atoms with Crippen molar-refractivity contribution in [2.24, 2.45) is 5.73 Å². The standard InChI is InChI=1S/C10H11BrClNO/c1-6-4-7(2-3-8(6)11)5-9(12)10(13)14/h2-4,9H,5H2,1H3,(H2,13,14). The van der Waals surface area contributed by atoms with Gasteiger partial charge in [-0.15, -0.1) is 11.6 Å². The lowest BCUT2D eigenvalue weighted by molar-refractivity contribution is -0.117. The maximum absolute atomic E-state index is 10.7. The largest absolute Gasteiger partial charge is 0.368 e. The molecular weight excluding hydrogens is 265 g/mol. The fourth-order valence-electron chi connectivity index (χ4n) is 1.14. The molecule has 76 valence electrons. The van der Waals surface area contributed by atoms with Gasteiger partial charge in [-0.25, -0.2) is 0 Å². The van der Waals surface area contributed by atoms with Crippen molar-refractivity contribution >= 4 is 33.4 Å². The summed E-state index contributed by atoms with van der Waals surface area (Å²) < 4.78 is 1.05. The number of hydrogen-bond acceptors (Lipinski definition) is 1. The van der Waals surface area contributed by atoms with Crippen LogP contribution in [0.3, 0.4) is 0 Å². The Bertz CT molecular complexity index is 354. The summed E-state index contributed by atoms with van der Waals surface area (Å²) in [4.78, 5) is 10.7. The van der Waals surface area contributed by atoms with E-state index in [1.54, 1.807) is 0 Å². The van der Waals surface area contributed by atoms with Crippen LogP contribution in [0, 0.1) is 6.92 Å². The quantitative estimate of drug-likeness (QED) is 0.847. The average molecular weight is 277 g/mol. The number of primary amides is 1. The minimum absolute atomic E-state index is 0.477. The molecular formula is C10H11BrClNO. The van der Waals surface area contributed by atoms with Crippen LogP contribution >= 0.6 is 27.5 Å². The molecule has 14 heavy (non-hydrogen) atoms. The molecule has 0 aliphatic rings. The molecule has 0 saturated carbocycles. The van der Waals surface area contributed by atoms with Crippen LogP contribution in [-0.4, -0.2) is 11.3 Å². The molecule has 0 aliphatic heterocycles. The number of aryl methyl sites for hydroxylation is 1. The highest BCUT2D eigenvalue weighted by molar-refractivity contribution is 9.10. The third-order valence-electron chi connectivity index (χ3n) is 1.95. The van der Waals surface area contributed by atoms with Gasteiger partial charge in [0, 0.05) is 4.47 Å². The van der Waals surface area contributed by atoms with Gasteiger partial charge in [0.25, 0.3) is 0 Å². The Morgan fingerprint density at radius 1 is 1.64 bits per heavy atom. The van der Waals surface area contributed by atoms with Crippen molar-refractivity contribution in [3.05, 3.63) is 33.8 Å². The van der Waals surface area contributed by atoms with Crippen LogP contribution in [0.4, 0.5) is 0 Å². The highest BCUT2D eigenvalue weighted by Gasteiger charge is 2.12. The average Bonchev–Trinajstić information content (AvgIpc) is 2.11. The van der Waals surface area contributed by atoms with E-state index in [1.165, 1.54) is 0 Å². The van der Waals surface area contributed by atoms with E-state index in [2.05, 4.69) is 15.9 Å². The molecule has 4 heteroatoms. The second-order valence-corrected chi connectivity index (χ2v) is 4.54. The van der Waals surface area contributed by atoms with Gasteiger partial charge in [-0.1, -0.05) is 28.1 Å². The summed E-state index contributed by atoms with van der Waals surface area (Å²) in [5.74, 6) is -0.479. The molecule has 0 spiro atoms. The maximum Gasteiger partial charge on any atom is 0.235 e. The van der Waals surface area contributed by atoms with Gasteiger partial charge in [0.15, 0.2) is 0 Å². The van der Waals surface area contributed by atoms with Crippen molar-refractivity contribution in [2.75, 3.05) is 0 Å². The minimum atomic E-state index is -0.629. The second kappa shape index (κ2) is 4.80. The van der Waals surface area contributed by atoms with Crippen molar-refractivity contribution in [1.29, 1.82) is 0 Å². The maximum atomic E-state index is 10.7. The molecule has 1 rings (SSSR count). The van der Waals surface area contributed by atoms with Gasteiger partial charge in [-0.05, 0) is 30.5 Å². The summed E-state index contributed by atoms with van der Waals surface area (Å²) >= 11 is 9.16. The van der Waals surface area contributed by atoms with Crippen molar-refractivity contribution in [2.45, 2.75) is 18.7 Å². The molecule has 1 aromatic carbocycles. The Morgan fingerprint density at radius 2 is 2.29 bits per heavy atom. The van der Waals surface area contributed by atoms with Gasteiger partial charge >= 0.3 is 0 Å². The van der Waals surface area contributed by atoms with E-state index in [0.717, 1.165) is 15.6 Å². The zero-order valence-electron chi connectivity index (χ0n) is 7.76. The number of halogens is 2. The number of carbonyl (C=O) groups excluding carboxylic acids is 1. The Balaban J connectivity index is 2.78. The molecule has 2 N–H and O–H groups in total. The molecule has 1 atom stereocenters. The zero-order chi connectivity index (χ0) is 10.7. The molecule has 1 unspecified atom stereocenters. The summed E-state index contributed by atoms with van der Waals surface area (Å²) in [5.41, 5.74) is 7.21. The van der Waals surface area contributed by atoms with Gasteiger partial charge in [-0.3, -0.25) is 4.79 Å². The van der Waals surface area contributed by atoms with E-state index in [1.807, 2.05) is 25.1 Å². The third-order valence-corrected chi connectivity index (χ3v) is 3.21. The molecule has 0 fully saturated rings. The molecule has 0 aliphatic carbocycles.